The predicted molar refractivity (Wildman–Crippen MR) is 124 cm³/mol. The Morgan fingerprint density at radius 2 is 2.24 bits per heavy atom. The van der Waals surface area contributed by atoms with Crippen molar-refractivity contribution in [1.82, 2.24) is 19.4 Å². The molecule has 3 heterocycles. The van der Waals surface area contributed by atoms with Gasteiger partial charge in [0.1, 0.15) is 0 Å². The lowest BCUT2D eigenvalue weighted by molar-refractivity contribution is 0.253. The van der Waals surface area contributed by atoms with Gasteiger partial charge in [-0.1, -0.05) is 20.8 Å². The highest BCUT2D eigenvalue weighted by molar-refractivity contribution is 7.99. The standard InChI is InChI=1S/C20H32N6OS2/c1-6-17-10-18(19(28-17)14(2)3)22-20(27)23-29-26(16-11-21-25(5)13-16)15-8-7-9-24(4)12-15/h10-11,13-15H,6-9,12H2,1-5H3,(H2,22,23,27)/t15-/m1/s1. The Balaban J connectivity index is 1.67. The molecule has 29 heavy (non-hydrogen) atoms. The summed E-state index contributed by atoms with van der Waals surface area (Å²) >= 11 is 3.13. The van der Waals surface area contributed by atoms with E-state index in [0.717, 1.165) is 43.7 Å². The van der Waals surface area contributed by atoms with Crippen molar-refractivity contribution in [3.05, 3.63) is 28.2 Å². The molecule has 1 aliphatic rings. The van der Waals surface area contributed by atoms with E-state index in [1.54, 1.807) is 16.0 Å². The van der Waals surface area contributed by atoms with E-state index in [0.29, 0.717) is 12.0 Å². The number of piperidine rings is 1. The summed E-state index contributed by atoms with van der Waals surface area (Å²) in [5, 5.41) is 7.36. The topological polar surface area (TPSA) is 65.4 Å². The Bertz CT molecular complexity index is 818. The highest BCUT2D eigenvalue weighted by atomic mass is 32.2. The van der Waals surface area contributed by atoms with Gasteiger partial charge in [-0.25, -0.2) is 4.79 Å². The molecule has 0 aliphatic carbocycles. The minimum absolute atomic E-state index is 0.199. The second kappa shape index (κ2) is 9.86. The third kappa shape index (κ3) is 5.67. The molecule has 1 fully saturated rings. The van der Waals surface area contributed by atoms with Crippen LogP contribution in [0.5, 0.6) is 0 Å². The highest BCUT2D eigenvalue weighted by Crippen LogP contribution is 2.34. The molecule has 2 amide bonds. The number of rotatable bonds is 7. The van der Waals surface area contributed by atoms with E-state index < -0.39 is 0 Å². The fourth-order valence-corrected chi connectivity index (χ4v) is 5.40. The number of carbonyl (C=O) groups is 1. The van der Waals surface area contributed by atoms with Crippen molar-refractivity contribution in [3.8, 4) is 0 Å². The molecule has 1 atom stereocenters. The fourth-order valence-electron chi connectivity index (χ4n) is 3.59. The summed E-state index contributed by atoms with van der Waals surface area (Å²) in [6.45, 7) is 8.54. The zero-order valence-corrected chi connectivity index (χ0v) is 19.6. The normalized spacial score (nSPS) is 17.5. The third-order valence-electron chi connectivity index (χ3n) is 5.05. The molecular weight excluding hydrogens is 404 g/mol. The van der Waals surface area contributed by atoms with Crippen molar-refractivity contribution in [3.63, 3.8) is 0 Å². The Labute approximate surface area is 182 Å². The van der Waals surface area contributed by atoms with Crippen molar-refractivity contribution in [2.45, 2.75) is 52.0 Å². The quantitative estimate of drug-likeness (QED) is 0.628. The molecule has 0 bridgehead atoms. The number of urea groups is 1. The molecule has 1 saturated heterocycles. The number of hydrogen-bond acceptors (Lipinski definition) is 6. The molecule has 0 saturated carbocycles. The lowest BCUT2D eigenvalue weighted by atomic mass is 10.1. The van der Waals surface area contributed by atoms with Crippen molar-refractivity contribution < 1.29 is 4.79 Å². The molecule has 7 nitrogen and oxygen atoms in total. The van der Waals surface area contributed by atoms with Gasteiger partial charge in [-0.3, -0.25) is 13.7 Å². The van der Waals surface area contributed by atoms with Gasteiger partial charge in [0.15, 0.2) is 0 Å². The summed E-state index contributed by atoms with van der Waals surface area (Å²) < 4.78 is 6.96. The van der Waals surface area contributed by atoms with Gasteiger partial charge in [-0.15, -0.1) is 11.3 Å². The first-order valence-electron chi connectivity index (χ1n) is 10.2. The van der Waals surface area contributed by atoms with Gasteiger partial charge in [-0.2, -0.15) is 5.10 Å². The number of nitrogens with one attached hydrogen (secondary N) is 2. The van der Waals surface area contributed by atoms with E-state index in [-0.39, 0.29) is 6.03 Å². The van der Waals surface area contributed by atoms with Gasteiger partial charge in [-0.05, 0) is 44.8 Å². The predicted octanol–water partition coefficient (Wildman–Crippen LogP) is 4.45. The maximum atomic E-state index is 12.7. The minimum atomic E-state index is -0.199. The van der Waals surface area contributed by atoms with Crippen LogP contribution in [0.1, 0.15) is 49.3 Å². The molecule has 2 aromatic rings. The number of hydrogen-bond donors (Lipinski definition) is 2. The zero-order valence-electron chi connectivity index (χ0n) is 17.9. The minimum Gasteiger partial charge on any atom is -0.306 e. The SMILES string of the molecule is CCc1cc(NC(=O)NSN(c2cnn(C)c2)[C@@H]2CCCN(C)C2)c(C(C)C)s1. The Hall–Kier alpha value is -1.71. The van der Waals surface area contributed by atoms with E-state index in [2.05, 4.69) is 58.2 Å². The summed E-state index contributed by atoms with van der Waals surface area (Å²) in [6.07, 6.45) is 7.07. The van der Waals surface area contributed by atoms with E-state index in [1.165, 1.54) is 21.9 Å². The molecule has 2 aromatic heterocycles. The van der Waals surface area contributed by atoms with Crippen LogP contribution in [0, 0.1) is 0 Å². The molecule has 0 spiro atoms. The van der Waals surface area contributed by atoms with Crippen LogP contribution in [0.4, 0.5) is 16.2 Å². The van der Waals surface area contributed by atoms with E-state index in [9.17, 15) is 4.79 Å². The van der Waals surface area contributed by atoms with Crippen LogP contribution >= 0.6 is 23.5 Å². The Morgan fingerprint density at radius 1 is 1.45 bits per heavy atom. The lowest BCUT2D eigenvalue weighted by Crippen LogP contribution is -2.45. The highest BCUT2D eigenvalue weighted by Gasteiger charge is 2.26. The molecule has 0 unspecified atom stereocenters. The summed E-state index contributed by atoms with van der Waals surface area (Å²) in [5.41, 5.74) is 1.93. The average molecular weight is 437 g/mol. The van der Waals surface area contributed by atoms with Crippen LogP contribution in [0.3, 0.4) is 0 Å². The first-order chi connectivity index (χ1) is 13.9. The van der Waals surface area contributed by atoms with Crippen molar-refractivity contribution in [2.75, 3.05) is 29.8 Å². The first kappa shape index (κ1) is 22.0. The number of likely N-dealkylation sites (tertiary alicyclic amines) is 1. The molecule has 1 aliphatic heterocycles. The van der Waals surface area contributed by atoms with Gasteiger partial charge >= 0.3 is 6.03 Å². The van der Waals surface area contributed by atoms with Crippen molar-refractivity contribution in [1.29, 1.82) is 0 Å². The molecular formula is C20H32N6OS2. The van der Waals surface area contributed by atoms with Crippen molar-refractivity contribution in [2.24, 2.45) is 7.05 Å². The number of likely N-dealkylation sites (N-methyl/N-ethyl adjacent to an activating group) is 1. The second-order valence-corrected chi connectivity index (χ2v) is 9.85. The zero-order chi connectivity index (χ0) is 21.0. The maximum absolute atomic E-state index is 12.7. The third-order valence-corrected chi connectivity index (χ3v) is 7.61. The van der Waals surface area contributed by atoms with Crippen LogP contribution in [0.15, 0.2) is 18.5 Å². The maximum Gasteiger partial charge on any atom is 0.330 e. The van der Waals surface area contributed by atoms with Crippen LogP contribution in [0.25, 0.3) is 0 Å². The smallest absolute Gasteiger partial charge is 0.306 e. The number of carbonyl (C=O) groups excluding carboxylic acids is 1. The number of amides is 2. The van der Waals surface area contributed by atoms with Gasteiger partial charge in [0.25, 0.3) is 0 Å². The molecule has 0 radical (unpaired) electrons. The summed E-state index contributed by atoms with van der Waals surface area (Å²) in [6, 6.07) is 2.22. The summed E-state index contributed by atoms with van der Waals surface area (Å²) in [7, 11) is 4.06. The average Bonchev–Trinajstić information content (AvgIpc) is 3.28. The fraction of sp³-hybridized carbons (Fsp3) is 0.600. The molecule has 0 aromatic carbocycles. The largest absolute Gasteiger partial charge is 0.330 e. The number of thiophene rings is 1. The van der Waals surface area contributed by atoms with Crippen LogP contribution < -0.4 is 14.3 Å². The van der Waals surface area contributed by atoms with Gasteiger partial charge in [0.05, 0.1) is 35.7 Å². The number of anilines is 2. The van der Waals surface area contributed by atoms with Gasteiger partial charge < -0.3 is 10.2 Å². The van der Waals surface area contributed by atoms with Gasteiger partial charge in [0.2, 0.25) is 0 Å². The van der Waals surface area contributed by atoms with Crippen LogP contribution in [0.2, 0.25) is 0 Å². The Morgan fingerprint density at radius 3 is 2.86 bits per heavy atom. The van der Waals surface area contributed by atoms with Crippen molar-refractivity contribution >= 4 is 40.9 Å². The van der Waals surface area contributed by atoms with E-state index in [1.807, 2.05) is 19.4 Å². The second-order valence-electron chi connectivity index (χ2n) is 7.90. The summed E-state index contributed by atoms with van der Waals surface area (Å²) in [5.74, 6) is 0.382. The molecule has 3 rings (SSSR count). The lowest BCUT2D eigenvalue weighted by Gasteiger charge is -2.37. The summed E-state index contributed by atoms with van der Waals surface area (Å²) in [4.78, 5) is 17.5. The molecule has 2 N–H and O–H groups in total. The Kier molecular flexibility index (Phi) is 7.48. The first-order valence-corrected chi connectivity index (χ1v) is 11.8. The molecule has 9 heteroatoms. The van der Waals surface area contributed by atoms with Gasteiger partial charge in [0, 0.05) is 29.5 Å². The number of aromatic nitrogens is 2. The number of nitrogens with zero attached hydrogens (tertiary/aromatic N) is 4. The van der Waals surface area contributed by atoms with Crippen LogP contribution in [-0.2, 0) is 13.5 Å². The van der Waals surface area contributed by atoms with E-state index in [4.69, 9.17) is 0 Å². The monoisotopic (exact) mass is 436 g/mol. The molecule has 160 valence electrons. The number of aryl methyl sites for hydroxylation is 2. The van der Waals surface area contributed by atoms with Crippen LogP contribution in [-0.4, -0.2) is 46.9 Å². The van der Waals surface area contributed by atoms with E-state index >= 15 is 0 Å².